The first-order valence-corrected chi connectivity index (χ1v) is 5.52. The van der Waals surface area contributed by atoms with Gasteiger partial charge in [-0.2, -0.15) is 0 Å². The van der Waals surface area contributed by atoms with Gasteiger partial charge in [0, 0.05) is 19.6 Å². The number of nitrogens with one attached hydrogen (secondary N) is 2. The van der Waals surface area contributed by atoms with E-state index < -0.39 is 11.5 Å². The van der Waals surface area contributed by atoms with Gasteiger partial charge < -0.3 is 15.7 Å². The average molecular weight is 238 g/mol. The summed E-state index contributed by atoms with van der Waals surface area (Å²) < 4.78 is 13.0. The third kappa shape index (κ3) is 3.01. The molecule has 0 saturated carbocycles. The molecule has 2 rings (SSSR count). The van der Waals surface area contributed by atoms with Crippen LogP contribution in [0.15, 0.2) is 24.3 Å². The minimum absolute atomic E-state index is 0.0787. The summed E-state index contributed by atoms with van der Waals surface area (Å²) in [6.07, 6.45) is 0.0787. The molecular weight excluding hydrogens is 223 g/mol. The maximum atomic E-state index is 13.0. The normalized spacial score (nSPS) is 17.5. The Morgan fingerprint density at radius 2 is 2.29 bits per heavy atom. The third-order valence-electron chi connectivity index (χ3n) is 2.97. The topological polar surface area (TPSA) is 61.4 Å². The Bertz CT molecular complexity index is 419. The maximum absolute atomic E-state index is 13.0. The summed E-state index contributed by atoms with van der Waals surface area (Å²) in [6.45, 7) is 1.75. The number of benzene rings is 1. The van der Waals surface area contributed by atoms with E-state index in [-0.39, 0.29) is 12.2 Å². The minimum Gasteiger partial charge on any atom is -0.481 e. The summed E-state index contributed by atoms with van der Waals surface area (Å²) in [5, 5.41) is 15.1. The van der Waals surface area contributed by atoms with Crippen LogP contribution >= 0.6 is 0 Å². The van der Waals surface area contributed by atoms with Crippen LogP contribution in [0, 0.1) is 5.82 Å². The summed E-state index contributed by atoms with van der Waals surface area (Å²) in [7, 11) is 0. The number of aliphatic carboxylic acids is 1. The lowest BCUT2D eigenvalue weighted by Crippen LogP contribution is -2.68. The van der Waals surface area contributed by atoms with Gasteiger partial charge in [-0.3, -0.25) is 4.79 Å². The van der Waals surface area contributed by atoms with Crippen molar-refractivity contribution in [1.29, 1.82) is 0 Å². The summed E-state index contributed by atoms with van der Waals surface area (Å²) in [4.78, 5) is 10.7. The number of carboxylic acids is 1. The van der Waals surface area contributed by atoms with E-state index in [4.69, 9.17) is 5.11 Å². The molecule has 17 heavy (non-hydrogen) atoms. The van der Waals surface area contributed by atoms with Gasteiger partial charge in [-0.1, -0.05) is 12.1 Å². The van der Waals surface area contributed by atoms with E-state index in [1.54, 1.807) is 6.07 Å². The number of carbonyl (C=O) groups is 1. The van der Waals surface area contributed by atoms with Gasteiger partial charge in [-0.05, 0) is 17.7 Å². The quantitative estimate of drug-likeness (QED) is 0.708. The fraction of sp³-hybridized carbons (Fsp3) is 0.417. The van der Waals surface area contributed by atoms with Crippen LogP contribution in [0.2, 0.25) is 0 Å². The summed E-state index contributed by atoms with van der Waals surface area (Å²) in [6, 6.07) is 6.31. The molecule has 1 aliphatic rings. The number of halogens is 1. The van der Waals surface area contributed by atoms with Crippen molar-refractivity contribution < 1.29 is 14.3 Å². The number of rotatable bonds is 5. The molecule has 1 heterocycles. The molecule has 1 aromatic rings. The van der Waals surface area contributed by atoms with Crippen molar-refractivity contribution >= 4 is 5.97 Å². The summed E-state index contributed by atoms with van der Waals surface area (Å²) in [5.41, 5.74) is 0.430. The molecule has 0 atom stereocenters. The Hall–Kier alpha value is -1.46. The molecule has 0 aromatic heterocycles. The van der Waals surface area contributed by atoms with Gasteiger partial charge in [-0.15, -0.1) is 0 Å². The molecule has 0 bridgehead atoms. The molecule has 0 amide bonds. The second kappa shape index (κ2) is 4.81. The zero-order valence-electron chi connectivity index (χ0n) is 9.37. The molecule has 1 fully saturated rings. The summed E-state index contributed by atoms with van der Waals surface area (Å²) in [5.74, 6) is -1.10. The highest BCUT2D eigenvalue weighted by molar-refractivity contribution is 5.68. The Kier molecular flexibility index (Phi) is 3.40. The van der Waals surface area contributed by atoms with E-state index in [9.17, 15) is 9.18 Å². The van der Waals surface area contributed by atoms with Crippen LogP contribution in [0.4, 0.5) is 4.39 Å². The van der Waals surface area contributed by atoms with Crippen molar-refractivity contribution in [2.75, 3.05) is 13.1 Å². The van der Waals surface area contributed by atoms with Gasteiger partial charge in [0.25, 0.3) is 0 Å². The van der Waals surface area contributed by atoms with Crippen LogP contribution in [-0.2, 0) is 11.3 Å². The molecule has 1 aliphatic heterocycles. The second-order valence-corrected chi connectivity index (χ2v) is 4.44. The van der Waals surface area contributed by atoms with Crippen molar-refractivity contribution in [2.45, 2.75) is 18.5 Å². The number of hydrogen-bond acceptors (Lipinski definition) is 3. The van der Waals surface area contributed by atoms with Crippen molar-refractivity contribution in [2.24, 2.45) is 0 Å². The van der Waals surface area contributed by atoms with Crippen molar-refractivity contribution in [3.8, 4) is 0 Å². The van der Waals surface area contributed by atoms with Crippen LogP contribution in [0.25, 0.3) is 0 Å². The fourth-order valence-electron chi connectivity index (χ4n) is 1.97. The smallest absolute Gasteiger partial charge is 0.305 e. The highest BCUT2D eigenvalue weighted by Gasteiger charge is 2.38. The molecule has 0 spiro atoms. The standard InChI is InChI=1S/C12H15FN2O2/c13-10-3-1-2-9(4-10)6-15-12(5-11(16)17)7-14-8-12/h1-4,14-15H,5-8H2,(H,16,17). The minimum atomic E-state index is -0.821. The molecule has 0 aliphatic carbocycles. The zero-order chi connectivity index (χ0) is 12.3. The van der Waals surface area contributed by atoms with Gasteiger partial charge in [0.2, 0.25) is 0 Å². The van der Waals surface area contributed by atoms with Crippen molar-refractivity contribution in [3.05, 3.63) is 35.6 Å². The number of hydrogen-bond donors (Lipinski definition) is 3. The van der Waals surface area contributed by atoms with Crippen molar-refractivity contribution in [3.63, 3.8) is 0 Å². The highest BCUT2D eigenvalue weighted by atomic mass is 19.1. The van der Waals surface area contributed by atoms with E-state index >= 15 is 0 Å². The lowest BCUT2D eigenvalue weighted by atomic mass is 9.88. The summed E-state index contributed by atoms with van der Waals surface area (Å²) >= 11 is 0. The van der Waals surface area contributed by atoms with Crippen molar-refractivity contribution in [1.82, 2.24) is 10.6 Å². The van der Waals surface area contributed by atoms with Gasteiger partial charge in [0.15, 0.2) is 0 Å². The van der Waals surface area contributed by atoms with Crippen LogP contribution in [-0.4, -0.2) is 29.7 Å². The molecule has 0 unspecified atom stereocenters. The van der Waals surface area contributed by atoms with Crippen LogP contribution in [0.3, 0.4) is 0 Å². The molecule has 1 saturated heterocycles. The van der Waals surface area contributed by atoms with E-state index in [0.29, 0.717) is 19.6 Å². The van der Waals surface area contributed by atoms with E-state index in [1.807, 2.05) is 6.07 Å². The molecule has 3 N–H and O–H groups in total. The maximum Gasteiger partial charge on any atom is 0.305 e. The molecule has 1 aromatic carbocycles. The van der Waals surface area contributed by atoms with Gasteiger partial charge >= 0.3 is 5.97 Å². The van der Waals surface area contributed by atoms with E-state index in [0.717, 1.165) is 5.56 Å². The first-order valence-electron chi connectivity index (χ1n) is 5.52. The lowest BCUT2D eigenvalue weighted by Gasteiger charge is -2.42. The first kappa shape index (κ1) is 12.0. The predicted octanol–water partition coefficient (Wildman–Crippen LogP) is 0.732. The van der Waals surface area contributed by atoms with E-state index in [2.05, 4.69) is 10.6 Å². The van der Waals surface area contributed by atoms with Crippen LogP contribution in [0.1, 0.15) is 12.0 Å². The third-order valence-corrected chi connectivity index (χ3v) is 2.97. The Labute approximate surface area is 98.8 Å². The molecule has 4 nitrogen and oxygen atoms in total. The Morgan fingerprint density at radius 3 is 2.82 bits per heavy atom. The number of carboxylic acid groups (broad SMARTS) is 1. The van der Waals surface area contributed by atoms with Crippen LogP contribution < -0.4 is 10.6 Å². The first-order chi connectivity index (χ1) is 8.10. The predicted molar refractivity (Wildman–Crippen MR) is 61.1 cm³/mol. The van der Waals surface area contributed by atoms with Gasteiger partial charge in [0.1, 0.15) is 5.82 Å². The zero-order valence-corrected chi connectivity index (χ0v) is 9.37. The molecule has 0 radical (unpaired) electrons. The van der Waals surface area contributed by atoms with Gasteiger partial charge in [-0.25, -0.2) is 4.39 Å². The Balaban J connectivity index is 1.94. The van der Waals surface area contributed by atoms with Gasteiger partial charge in [0.05, 0.1) is 12.0 Å². The second-order valence-electron chi connectivity index (χ2n) is 4.44. The SMILES string of the molecule is O=C(O)CC1(NCc2cccc(F)c2)CNC1. The average Bonchev–Trinajstić information content (AvgIpc) is 2.21. The molecular formula is C12H15FN2O2. The lowest BCUT2D eigenvalue weighted by molar-refractivity contribution is -0.139. The molecule has 92 valence electrons. The highest BCUT2D eigenvalue weighted by Crippen LogP contribution is 2.17. The monoisotopic (exact) mass is 238 g/mol. The largest absolute Gasteiger partial charge is 0.481 e. The van der Waals surface area contributed by atoms with E-state index in [1.165, 1.54) is 12.1 Å². The fourth-order valence-corrected chi connectivity index (χ4v) is 1.97. The Morgan fingerprint density at radius 1 is 1.53 bits per heavy atom. The molecule has 5 heteroatoms. The van der Waals surface area contributed by atoms with Crippen LogP contribution in [0.5, 0.6) is 0 Å².